The van der Waals surface area contributed by atoms with Crippen molar-refractivity contribution < 1.29 is 14.3 Å². The summed E-state index contributed by atoms with van der Waals surface area (Å²) in [5.74, 6) is 1.81. The van der Waals surface area contributed by atoms with E-state index in [0.29, 0.717) is 6.42 Å². The third-order valence-electron chi connectivity index (χ3n) is 4.71. The number of ether oxygens (including phenoxy) is 2. The van der Waals surface area contributed by atoms with Crippen molar-refractivity contribution in [3.8, 4) is 11.5 Å². The second-order valence-corrected chi connectivity index (χ2v) is 6.25. The zero-order valence-corrected chi connectivity index (χ0v) is 14.0. The van der Waals surface area contributed by atoms with Crippen LogP contribution in [0.15, 0.2) is 29.5 Å². The molecule has 0 spiro atoms. The van der Waals surface area contributed by atoms with E-state index in [0.717, 1.165) is 54.1 Å². The van der Waals surface area contributed by atoms with Crippen LogP contribution in [0.2, 0.25) is 0 Å². The Morgan fingerprint density at radius 3 is 2.65 bits per heavy atom. The Morgan fingerprint density at radius 2 is 1.96 bits per heavy atom. The molecule has 0 amide bonds. The van der Waals surface area contributed by atoms with Crippen molar-refractivity contribution in [2.24, 2.45) is 0 Å². The lowest BCUT2D eigenvalue weighted by atomic mass is 10.1. The van der Waals surface area contributed by atoms with Crippen molar-refractivity contribution >= 4 is 11.5 Å². The summed E-state index contributed by atoms with van der Waals surface area (Å²) in [4.78, 5) is 11.9. The maximum Gasteiger partial charge on any atom is 0.163 e. The normalized spacial score (nSPS) is 18.6. The molecule has 0 aliphatic heterocycles. The van der Waals surface area contributed by atoms with E-state index in [1.165, 1.54) is 12.8 Å². The minimum absolute atomic E-state index is 0.269. The molecular formula is C19H25NO3. The molecule has 23 heavy (non-hydrogen) atoms. The first-order valence-corrected chi connectivity index (χ1v) is 8.58. The average Bonchev–Trinajstić information content (AvgIpc) is 3.18. The fourth-order valence-corrected chi connectivity index (χ4v) is 3.46. The fraction of sp³-hybridized carbons (Fsp3) is 0.526. The van der Waals surface area contributed by atoms with Crippen LogP contribution in [0.4, 0.5) is 5.69 Å². The highest BCUT2D eigenvalue weighted by molar-refractivity contribution is 5.99. The van der Waals surface area contributed by atoms with Crippen molar-refractivity contribution in [1.29, 1.82) is 0 Å². The number of Topliss-reactive ketones (excluding diaryl/α,β-unsaturated/α-hetero) is 1. The van der Waals surface area contributed by atoms with Gasteiger partial charge in [0.1, 0.15) is 0 Å². The Kier molecular flexibility index (Phi) is 4.89. The Balaban J connectivity index is 1.80. The lowest BCUT2D eigenvalue weighted by Crippen LogP contribution is -2.12. The van der Waals surface area contributed by atoms with Gasteiger partial charge in [-0.25, -0.2) is 0 Å². The first-order chi connectivity index (χ1) is 11.2. The van der Waals surface area contributed by atoms with Gasteiger partial charge >= 0.3 is 0 Å². The van der Waals surface area contributed by atoms with Crippen molar-refractivity contribution in [1.82, 2.24) is 0 Å². The molecule has 0 aromatic heterocycles. The Bertz CT molecular complexity index is 615. The second kappa shape index (κ2) is 7.07. The van der Waals surface area contributed by atoms with Crippen molar-refractivity contribution in [2.75, 3.05) is 12.4 Å². The molecule has 0 radical (unpaired) electrons. The maximum absolute atomic E-state index is 11.9. The van der Waals surface area contributed by atoms with Crippen molar-refractivity contribution in [3.63, 3.8) is 0 Å². The molecule has 1 fully saturated rings. The number of ketones is 1. The summed E-state index contributed by atoms with van der Waals surface area (Å²) < 4.78 is 11.5. The van der Waals surface area contributed by atoms with Crippen LogP contribution < -0.4 is 14.8 Å². The van der Waals surface area contributed by atoms with Crippen LogP contribution in [-0.2, 0) is 4.79 Å². The Labute approximate surface area is 137 Å². The molecule has 3 rings (SSSR count). The van der Waals surface area contributed by atoms with E-state index in [-0.39, 0.29) is 11.9 Å². The first kappa shape index (κ1) is 15.9. The van der Waals surface area contributed by atoms with Gasteiger partial charge in [0.25, 0.3) is 0 Å². The molecule has 4 nitrogen and oxygen atoms in total. The quantitative estimate of drug-likeness (QED) is 0.842. The highest BCUT2D eigenvalue weighted by Crippen LogP contribution is 2.35. The maximum atomic E-state index is 11.9. The van der Waals surface area contributed by atoms with Gasteiger partial charge in [0.2, 0.25) is 0 Å². The summed E-state index contributed by atoms with van der Waals surface area (Å²) in [6.07, 6.45) is 7.18. The summed E-state index contributed by atoms with van der Waals surface area (Å²) in [6, 6.07) is 5.89. The minimum atomic E-state index is 0.269. The molecule has 1 saturated carbocycles. The van der Waals surface area contributed by atoms with Gasteiger partial charge in [-0.15, -0.1) is 0 Å². The molecule has 0 saturated heterocycles. The van der Waals surface area contributed by atoms with Gasteiger partial charge in [-0.05, 0) is 50.7 Å². The monoisotopic (exact) mass is 315 g/mol. The topological polar surface area (TPSA) is 47.6 Å². The van der Waals surface area contributed by atoms with Gasteiger partial charge in [-0.1, -0.05) is 6.92 Å². The van der Waals surface area contributed by atoms with Crippen LogP contribution in [0.3, 0.4) is 0 Å². The SMILES string of the molecule is CCC1=C(Nc2ccc(OC)c(OC3CCCC3)c2)CCC1=O. The predicted octanol–water partition coefficient (Wildman–Crippen LogP) is 4.46. The van der Waals surface area contributed by atoms with E-state index in [9.17, 15) is 4.79 Å². The molecule has 124 valence electrons. The summed E-state index contributed by atoms with van der Waals surface area (Å²) in [7, 11) is 1.66. The second-order valence-electron chi connectivity index (χ2n) is 6.25. The van der Waals surface area contributed by atoms with Crippen LogP contribution in [0.5, 0.6) is 11.5 Å². The molecule has 2 aliphatic rings. The summed E-state index contributed by atoms with van der Waals surface area (Å²) in [5.41, 5.74) is 2.93. The van der Waals surface area contributed by atoms with E-state index in [1.54, 1.807) is 7.11 Å². The summed E-state index contributed by atoms with van der Waals surface area (Å²) in [5, 5.41) is 3.41. The van der Waals surface area contributed by atoms with E-state index in [4.69, 9.17) is 9.47 Å². The van der Waals surface area contributed by atoms with E-state index in [1.807, 2.05) is 25.1 Å². The van der Waals surface area contributed by atoms with Crippen LogP contribution in [0, 0.1) is 0 Å². The number of benzene rings is 1. The van der Waals surface area contributed by atoms with Crippen LogP contribution in [0.1, 0.15) is 51.9 Å². The van der Waals surface area contributed by atoms with Gasteiger partial charge < -0.3 is 14.8 Å². The highest BCUT2D eigenvalue weighted by Gasteiger charge is 2.22. The fourth-order valence-electron chi connectivity index (χ4n) is 3.46. The third kappa shape index (κ3) is 3.52. The van der Waals surface area contributed by atoms with Crippen LogP contribution in [-0.4, -0.2) is 19.0 Å². The lowest BCUT2D eigenvalue weighted by Gasteiger charge is -2.18. The zero-order valence-electron chi connectivity index (χ0n) is 14.0. The minimum Gasteiger partial charge on any atom is -0.493 e. The smallest absolute Gasteiger partial charge is 0.163 e. The number of hydrogen-bond acceptors (Lipinski definition) is 4. The number of rotatable bonds is 6. The van der Waals surface area contributed by atoms with Gasteiger partial charge in [-0.3, -0.25) is 4.79 Å². The largest absolute Gasteiger partial charge is 0.493 e. The molecule has 0 unspecified atom stereocenters. The molecule has 1 N–H and O–H groups in total. The van der Waals surface area contributed by atoms with Crippen molar-refractivity contribution in [2.45, 2.75) is 58.0 Å². The molecule has 1 aromatic carbocycles. The van der Waals surface area contributed by atoms with Crippen LogP contribution in [0.25, 0.3) is 0 Å². The number of anilines is 1. The third-order valence-corrected chi connectivity index (χ3v) is 4.71. The summed E-state index contributed by atoms with van der Waals surface area (Å²) in [6.45, 7) is 2.03. The van der Waals surface area contributed by atoms with Gasteiger partial charge in [0, 0.05) is 29.4 Å². The number of methoxy groups -OCH3 is 1. The van der Waals surface area contributed by atoms with Gasteiger partial charge in [0.15, 0.2) is 17.3 Å². The van der Waals surface area contributed by atoms with E-state index >= 15 is 0 Å². The molecule has 4 heteroatoms. The first-order valence-electron chi connectivity index (χ1n) is 8.58. The number of allylic oxidation sites excluding steroid dienone is 2. The standard InChI is InChI=1S/C19H25NO3/c1-3-15-16(9-10-17(15)21)20-13-8-11-18(22-2)19(12-13)23-14-6-4-5-7-14/h8,11-12,14,20H,3-7,9-10H2,1-2H3. The number of carbonyl (C=O) groups excluding carboxylic acids is 1. The predicted molar refractivity (Wildman–Crippen MR) is 91.1 cm³/mol. The number of carbonyl (C=O) groups is 1. The summed E-state index contributed by atoms with van der Waals surface area (Å²) >= 11 is 0. The molecule has 0 atom stereocenters. The number of hydrogen-bond donors (Lipinski definition) is 1. The molecule has 2 aliphatic carbocycles. The number of nitrogens with one attached hydrogen (secondary N) is 1. The molecule has 0 heterocycles. The molecular weight excluding hydrogens is 290 g/mol. The Morgan fingerprint density at radius 1 is 1.17 bits per heavy atom. The molecule has 0 bridgehead atoms. The van der Waals surface area contributed by atoms with E-state index < -0.39 is 0 Å². The van der Waals surface area contributed by atoms with Gasteiger partial charge in [0.05, 0.1) is 13.2 Å². The highest BCUT2D eigenvalue weighted by atomic mass is 16.5. The average molecular weight is 315 g/mol. The van der Waals surface area contributed by atoms with Crippen LogP contribution >= 0.6 is 0 Å². The van der Waals surface area contributed by atoms with Gasteiger partial charge in [-0.2, -0.15) is 0 Å². The zero-order chi connectivity index (χ0) is 16.2. The lowest BCUT2D eigenvalue weighted by molar-refractivity contribution is -0.115. The van der Waals surface area contributed by atoms with E-state index in [2.05, 4.69) is 5.32 Å². The Hall–Kier alpha value is -1.97. The molecule has 1 aromatic rings. The van der Waals surface area contributed by atoms with Crippen molar-refractivity contribution in [3.05, 3.63) is 29.5 Å².